The molecule has 0 aromatic carbocycles. The second kappa shape index (κ2) is 5.48. The molecule has 2 fully saturated rings. The Labute approximate surface area is 99.5 Å². The molecule has 0 bridgehead atoms. The van der Waals surface area contributed by atoms with E-state index in [1.165, 1.54) is 19.3 Å². The highest BCUT2D eigenvalue weighted by Crippen LogP contribution is 2.21. The van der Waals surface area contributed by atoms with Gasteiger partial charge in [0, 0.05) is 25.2 Å². The number of hydrogen-bond donors (Lipinski definition) is 1. The summed E-state index contributed by atoms with van der Waals surface area (Å²) in [7, 11) is 0. The van der Waals surface area contributed by atoms with E-state index in [1.54, 1.807) is 0 Å². The predicted molar refractivity (Wildman–Crippen MR) is 66.7 cm³/mol. The van der Waals surface area contributed by atoms with E-state index in [-0.39, 0.29) is 0 Å². The van der Waals surface area contributed by atoms with Crippen LogP contribution in [0.3, 0.4) is 0 Å². The molecule has 2 saturated heterocycles. The Hall–Kier alpha value is -0.120. The lowest BCUT2D eigenvalue weighted by atomic mass is 10.1. The SMILES string of the molecule is CC1CN(CC2CCC(C)O2)C(C)CCN1. The fraction of sp³-hybridized carbons (Fsp3) is 1.00. The first-order valence-corrected chi connectivity index (χ1v) is 6.78. The molecule has 4 atom stereocenters. The van der Waals surface area contributed by atoms with Crippen LogP contribution in [-0.4, -0.2) is 48.8 Å². The average Bonchev–Trinajstić information content (AvgIpc) is 2.55. The zero-order valence-corrected chi connectivity index (χ0v) is 10.9. The molecule has 3 heteroatoms. The van der Waals surface area contributed by atoms with E-state index in [0.717, 1.165) is 19.6 Å². The zero-order valence-electron chi connectivity index (χ0n) is 10.9. The van der Waals surface area contributed by atoms with Gasteiger partial charge in [-0.05, 0) is 46.6 Å². The molecule has 0 aromatic heterocycles. The third kappa shape index (κ3) is 3.19. The summed E-state index contributed by atoms with van der Waals surface area (Å²) in [6.07, 6.45) is 4.69. The van der Waals surface area contributed by atoms with Gasteiger partial charge in [0.1, 0.15) is 0 Å². The van der Waals surface area contributed by atoms with Crippen molar-refractivity contribution in [1.82, 2.24) is 10.2 Å². The topological polar surface area (TPSA) is 24.5 Å². The molecule has 0 spiro atoms. The number of ether oxygens (including phenoxy) is 1. The monoisotopic (exact) mass is 226 g/mol. The summed E-state index contributed by atoms with van der Waals surface area (Å²) >= 11 is 0. The molecule has 0 saturated carbocycles. The molecule has 1 N–H and O–H groups in total. The lowest BCUT2D eigenvalue weighted by molar-refractivity contribution is 0.0230. The maximum absolute atomic E-state index is 5.93. The van der Waals surface area contributed by atoms with Crippen LogP contribution in [0.1, 0.15) is 40.0 Å². The molecule has 2 aliphatic heterocycles. The Kier molecular flexibility index (Phi) is 4.22. The van der Waals surface area contributed by atoms with Gasteiger partial charge in [0.25, 0.3) is 0 Å². The Morgan fingerprint density at radius 3 is 2.69 bits per heavy atom. The van der Waals surface area contributed by atoms with Gasteiger partial charge >= 0.3 is 0 Å². The van der Waals surface area contributed by atoms with Crippen LogP contribution in [0.15, 0.2) is 0 Å². The molecule has 0 amide bonds. The summed E-state index contributed by atoms with van der Waals surface area (Å²) in [6, 6.07) is 1.31. The zero-order chi connectivity index (χ0) is 11.5. The van der Waals surface area contributed by atoms with E-state index in [2.05, 4.69) is 31.0 Å². The molecular formula is C13H26N2O. The van der Waals surface area contributed by atoms with Gasteiger partial charge in [-0.2, -0.15) is 0 Å². The van der Waals surface area contributed by atoms with Gasteiger partial charge < -0.3 is 10.1 Å². The highest BCUT2D eigenvalue weighted by atomic mass is 16.5. The lowest BCUT2D eigenvalue weighted by Gasteiger charge is -2.30. The van der Waals surface area contributed by atoms with Crippen LogP contribution >= 0.6 is 0 Å². The summed E-state index contributed by atoms with van der Waals surface area (Å²) in [4.78, 5) is 2.60. The molecule has 2 heterocycles. The second-order valence-electron chi connectivity index (χ2n) is 5.59. The van der Waals surface area contributed by atoms with Gasteiger partial charge in [-0.25, -0.2) is 0 Å². The first-order valence-electron chi connectivity index (χ1n) is 6.78. The molecule has 0 aliphatic carbocycles. The predicted octanol–water partition coefficient (Wildman–Crippen LogP) is 1.63. The molecule has 4 unspecified atom stereocenters. The Balaban J connectivity index is 1.86. The molecule has 0 radical (unpaired) electrons. The second-order valence-corrected chi connectivity index (χ2v) is 5.59. The van der Waals surface area contributed by atoms with Crippen molar-refractivity contribution < 1.29 is 4.74 Å². The fourth-order valence-corrected chi connectivity index (χ4v) is 2.85. The quantitative estimate of drug-likeness (QED) is 0.774. The highest BCUT2D eigenvalue weighted by Gasteiger charge is 2.27. The van der Waals surface area contributed by atoms with Gasteiger partial charge in [-0.15, -0.1) is 0 Å². The van der Waals surface area contributed by atoms with E-state index in [1.807, 2.05) is 0 Å². The van der Waals surface area contributed by atoms with E-state index in [0.29, 0.717) is 24.3 Å². The van der Waals surface area contributed by atoms with E-state index < -0.39 is 0 Å². The van der Waals surface area contributed by atoms with E-state index in [4.69, 9.17) is 4.74 Å². The van der Waals surface area contributed by atoms with Crippen LogP contribution in [0.25, 0.3) is 0 Å². The minimum absolute atomic E-state index is 0.475. The molecule has 3 nitrogen and oxygen atoms in total. The smallest absolute Gasteiger partial charge is 0.0706 e. The fourth-order valence-electron chi connectivity index (χ4n) is 2.85. The van der Waals surface area contributed by atoms with Crippen LogP contribution in [0.2, 0.25) is 0 Å². The first kappa shape index (κ1) is 12.3. The number of nitrogens with zero attached hydrogens (tertiary/aromatic N) is 1. The maximum Gasteiger partial charge on any atom is 0.0706 e. The van der Waals surface area contributed by atoms with Gasteiger partial charge in [-0.3, -0.25) is 4.90 Å². The summed E-state index contributed by atoms with van der Waals surface area (Å²) in [5.41, 5.74) is 0. The van der Waals surface area contributed by atoms with Crippen LogP contribution in [0, 0.1) is 0 Å². The summed E-state index contributed by atoms with van der Waals surface area (Å²) in [5, 5.41) is 3.56. The van der Waals surface area contributed by atoms with Crippen LogP contribution in [0.4, 0.5) is 0 Å². The van der Waals surface area contributed by atoms with E-state index >= 15 is 0 Å². The third-order valence-corrected chi connectivity index (χ3v) is 3.94. The van der Waals surface area contributed by atoms with Crippen LogP contribution < -0.4 is 5.32 Å². The summed E-state index contributed by atoms with van der Waals surface area (Å²) in [5.74, 6) is 0. The number of nitrogens with one attached hydrogen (secondary N) is 1. The van der Waals surface area contributed by atoms with Gasteiger partial charge in [0.2, 0.25) is 0 Å². The molecule has 94 valence electrons. The van der Waals surface area contributed by atoms with Crippen molar-refractivity contribution in [2.45, 2.75) is 64.3 Å². The highest BCUT2D eigenvalue weighted by molar-refractivity contribution is 4.82. The minimum Gasteiger partial charge on any atom is -0.374 e. The van der Waals surface area contributed by atoms with Crippen molar-refractivity contribution >= 4 is 0 Å². The Morgan fingerprint density at radius 1 is 1.19 bits per heavy atom. The van der Waals surface area contributed by atoms with Crippen LogP contribution in [0.5, 0.6) is 0 Å². The number of hydrogen-bond acceptors (Lipinski definition) is 3. The summed E-state index contributed by atoms with van der Waals surface area (Å²) in [6.45, 7) is 10.3. The van der Waals surface area contributed by atoms with Crippen molar-refractivity contribution in [2.75, 3.05) is 19.6 Å². The minimum atomic E-state index is 0.475. The average molecular weight is 226 g/mol. The van der Waals surface area contributed by atoms with Crippen molar-refractivity contribution in [3.05, 3.63) is 0 Å². The van der Waals surface area contributed by atoms with Crippen molar-refractivity contribution in [1.29, 1.82) is 0 Å². The molecular weight excluding hydrogens is 200 g/mol. The first-order chi connectivity index (χ1) is 7.65. The van der Waals surface area contributed by atoms with Gasteiger partial charge in [0.05, 0.1) is 12.2 Å². The lowest BCUT2D eigenvalue weighted by Crippen LogP contribution is -2.42. The van der Waals surface area contributed by atoms with E-state index in [9.17, 15) is 0 Å². The third-order valence-electron chi connectivity index (χ3n) is 3.94. The molecule has 2 rings (SSSR count). The van der Waals surface area contributed by atoms with Crippen LogP contribution in [-0.2, 0) is 4.74 Å². The van der Waals surface area contributed by atoms with Crippen molar-refractivity contribution in [2.24, 2.45) is 0 Å². The molecule has 0 aromatic rings. The van der Waals surface area contributed by atoms with Gasteiger partial charge in [0.15, 0.2) is 0 Å². The van der Waals surface area contributed by atoms with Crippen molar-refractivity contribution in [3.8, 4) is 0 Å². The summed E-state index contributed by atoms with van der Waals surface area (Å²) < 4.78 is 5.93. The standard InChI is InChI=1S/C13H26N2O/c1-10-8-15(11(2)6-7-14-10)9-13-5-4-12(3)16-13/h10-14H,4-9H2,1-3H3. The molecule has 16 heavy (non-hydrogen) atoms. The van der Waals surface area contributed by atoms with Crippen molar-refractivity contribution in [3.63, 3.8) is 0 Å². The molecule has 2 aliphatic rings. The van der Waals surface area contributed by atoms with Gasteiger partial charge in [-0.1, -0.05) is 0 Å². The Bertz CT molecular complexity index is 222. The largest absolute Gasteiger partial charge is 0.374 e. The Morgan fingerprint density at radius 2 is 2.00 bits per heavy atom. The maximum atomic E-state index is 5.93. The normalized spacial score (nSPS) is 42.2. The number of rotatable bonds is 2.